The molecule has 6 rings (SSSR count). The Morgan fingerprint density at radius 3 is 2.19 bits per heavy atom. The van der Waals surface area contributed by atoms with Crippen molar-refractivity contribution in [3.05, 3.63) is 101 Å². The van der Waals surface area contributed by atoms with Crippen molar-refractivity contribution in [3.8, 4) is 22.5 Å². The molecule has 0 radical (unpaired) electrons. The van der Waals surface area contributed by atoms with Crippen LogP contribution in [0.5, 0.6) is 0 Å². The summed E-state index contributed by atoms with van der Waals surface area (Å²) in [7, 11) is 0. The Kier molecular flexibility index (Phi) is 6.20. The van der Waals surface area contributed by atoms with Gasteiger partial charge in [-0.05, 0) is 54.0 Å². The van der Waals surface area contributed by atoms with Crippen LogP contribution < -0.4 is 5.69 Å². The lowest BCUT2D eigenvalue weighted by Crippen LogP contribution is -2.32. The van der Waals surface area contributed by atoms with Crippen molar-refractivity contribution in [1.82, 2.24) is 19.2 Å². The van der Waals surface area contributed by atoms with Gasteiger partial charge in [-0.2, -0.15) is 0 Å². The van der Waals surface area contributed by atoms with E-state index in [1.165, 1.54) is 16.8 Å². The number of halogens is 1. The molecule has 6 nitrogen and oxygen atoms in total. The molecule has 0 bridgehead atoms. The molecule has 1 saturated carbocycles. The number of aromatic nitrogens is 3. The molecule has 3 aromatic carbocycles. The van der Waals surface area contributed by atoms with E-state index in [1.807, 2.05) is 59.5 Å². The van der Waals surface area contributed by atoms with Crippen molar-refractivity contribution in [1.29, 1.82) is 0 Å². The minimum atomic E-state index is -0.266. The van der Waals surface area contributed by atoms with E-state index in [0.29, 0.717) is 25.5 Å². The normalized spacial score (nSPS) is 17.3. The van der Waals surface area contributed by atoms with Gasteiger partial charge in [-0.25, -0.2) is 13.9 Å². The second-order valence-electron chi connectivity index (χ2n) is 10.2. The zero-order valence-electron chi connectivity index (χ0n) is 20.6. The van der Waals surface area contributed by atoms with Crippen molar-refractivity contribution >= 4 is 5.91 Å². The first-order valence-electron chi connectivity index (χ1n) is 12.9. The van der Waals surface area contributed by atoms with Crippen molar-refractivity contribution in [2.75, 3.05) is 13.1 Å². The minimum absolute atomic E-state index is 0.145. The number of likely N-dealkylation sites (tertiary alicyclic amines) is 1. The summed E-state index contributed by atoms with van der Waals surface area (Å²) in [5.74, 6) is 1.06. The van der Waals surface area contributed by atoms with Crippen LogP contribution in [0.15, 0.2) is 83.7 Å². The SMILES string of the molecule is O=C(C1CC1)N1CCC(Cn2c(-c3ccc(-c4ccc(F)cc4)cc3)nn(Cc3ccccc3)c2=O)C1. The Labute approximate surface area is 215 Å². The maximum absolute atomic E-state index is 13.6. The lowest BCUT2D eigenvalue weighted by Gasteiger charge is -2.16. The van der Waals surface area contributed by atoms with Crippen LogP contribution in [-0.4, -0.2) is 38.2 Å². The highest BCUT2D eigenvalue weighted by Crippen LogP contribution is 2.33. The Morgan fingerprint density at radius 1 is 0.865 bits per heavy atom. The fourth-order valence-corrected chi connectivity index (χ4v) is 5.16. The van der Waals surface area contributed by atoms with E-state index in [4.69, 9.17) is 5.10 Å². The highest BCUT2D eigenvalue weighted by Gasteiger charge is 2.37. The Morgan fingerprint density at radius 2 is 1.51 bits per heavy atom. The third-order valence-electron chi connectivity index (χ3n) is 7.38. The average Bonchev–Trinajstić information content (AvgIpc) is 3.61. The van der Waals surface area contributed by atoms with Gasteiger partial charge in [-0.1, -0.05) is 66.7 Å². The van der Waals surface area contributed by atoms with Crippen LogP contribution in [0.25, 0.3) is 22.5 Å². The zero-order valence-corrected chi connectivity index (χ0v) is 20.6. The highest BCUT2D eigenvalue weighted by molar-refractivity contribution is 5.81. The van der Waals surface area contributed by atoms with Gasteiger partial charge >= 0.3 is 5.69 Å². The number of carbonyl (C=O) groups is 1. The van der Waals surface area contributed by atoms with Gasteiger partial charge < -0.3 is 4.90 Å². The number of amides is 1. The lowest BCUT2D eigenvalue weighted by atomic mass is 10.0. The molecule has 188 valence electrons. The molecule has 1 aromatic heterocycles. The molecule has 1 aliphatic heterocycles. The first kappa shape index (κ1) is 23.4. The molecular formula is C30H29FN4O2. The van der Waals surface area contributed by atoms with Gasteiger partial charge in [-0.15, -0.1) is 5.10 Å². The summed E-state index contributed by atoms with van der Waals surface area (Å²) in [5.41, 5.74) is 3.60. The molecule has 1 atom stereocenters. The molecule has 2 fully saturated rings. The van der Waals surface area contributed by atoms with E-state index in [-0.39, 0.29) is 29.2 Å². The number of hydrogen-bond donors (Lipinski definition) is 0. The molecule has 0 spiro atoms. The summed E-state index contributed by atoms with van der Waals surface area (Å²) in [6.45, 7) is 2.37. The van der Waals surface area contributed by atoms with Crippen LogP contribution in [-0.2, 0) is 17.9 Å². The zero-order chi connectivity index (χ0) is 25.4. The Hall–Kier alpha value is -4.00. The van der Waals surface area contributed by atoms with Gasteiger partial charge in [0, 0.05) is 31.1 Å². The summed E-state index contributed by atoms with van der Waals surface area (Å²) in [6.07, 6.45) is 2.89. The van der Waals surface area contributed by atoms with Crippen LogP contribution >= 0.6 is 0 Å². The number of rotatable bonds is 7. The Bertz CT molecular complexity index is 1450. The smallest absolute Gasteiger partial charge is 0.342 e. The van der Waals surface area contributed by atoms with Gasteiger partial charge in [0.25, 0.3) is 0 Å². The van der Waals surface area contributed by atoms with E-state index in [9.17, 15) is 14.0 Å². The van der Waals surface area contributed by atoms with Crippen LogP contribution in [0.2, 0.25) is 0 Å². The molecule has 1 amide bonds. The minimum Gasteiger partial charge on any atom is -0.342 e. The van der Waals surface area contributed by atoms with Crippen LogP contribution in [0, 0.1) is 17.7 Å². The summed E-state index contributed by atoms with van der Waals surface area (Å²) < 4.78 is 16.6. The van der Waals surface area contributed by atoms with E-state index in [1.54, 1.807) is 16.7 Å². The van der Waals surface area contributed by atoms with Gasteiger partial charge in [0.15, 0.2) is 5.82 Å². The van der Waals surface area contributed by atoms with E-state index in [0.717, 1.165) is 48.1 Å². The highest BCUT2D eigenvalue weighted by atomic mass is 19.1. The number of nitrogens with zero attached hydrogens (tertiary/aromatic N) is 4. The molecule has 4 aromatic rings. The van der Waals surface area contributed by atoms with Gasteiger partial charge in [-0.3, -0.25) is 9.36 Å². The second kappa shape index (κ2) is 9.81. The summed E-state index contributed by atoms with van der Waals surface area (Å²) in [5, 5.41) is 4.76. The second-order valence-corrected chi connectivity index (χ2v) is 10.2. The molecule has 1 aliphatic carbocycles. The number of benzene rings is 3. The van der Waals surface area contributed by atoms with Crippen molar-refractivity contribution in [2.24, 2.45) is 11.8 Å². The standard InChI is InChI=1S/C30H29FN4O2/c31-27-14-12-24(13-15-27)23-6-8-25(9-7-23)28-32-35(20-21-4-2-1-3-5-21)30(37)34(28)19-22-16-17-33(18-22)29(36)26-10-11-26/h1-9,12-15,22,26H,10-11,16-20H2. The fourth-order valence-electron chi connectivity index (χ4n) is 5.16. The number of carbonyl (C=O) groups excluding carboxylic acids is 1. The third-order valence-corrected chi connectivity index (χ3v) is 7.38. The first-order chi connectivity index (χ1) is 18.0. The Balaban J connectivity index is 1.30. The first-order valence-corrected chi connectivity index (χ1v) is 12.9. The van der Waals surface area contributed by atoms with Crippen LogP contribution in [0.1, 0.15) is 24.8 Å². The number of hydrogen-bond acceptors (Lipinski definition) is 3. The van der Waals surface area contributed by atoms with Crippen molar-refractivity contribution in [3.63, 3.8) is 0 Å². The molecule has 1 unspecified atom stereocenters. The predicted octanol–water partition coefficient (Wildman–Crippen LogP) is 4.82. The third kappa shape index (κ3) is 4.99. The summed E-state index contributed by atoms with van der Waals surface area (Å²) in [4.78, 5) is 28.1. The molecule has 2 heterocycles. The molecule has 0 N–H and O–H groups in total. The molecule has 7 heteroatoms. The van der Waals surface area contributed by atoms with E-state index < -0.39 is 0 Å². The average molecular weight is 497 g/mol. The predicted molar refractivity (Wildman–Crippen MR) is 140 cm³/mol. The topological polar surface area (TPSA) is 60.1 Å². The maximum Gasteiger partial charge on any atom is 0.346 e. The van der Waals surface area contributed by atoms with Crippen molar-refractivity contribution in [2.45, 2.75) is 32.4 Å². The van der Waals surface area contributed by atoms with Gasteiger partial charge in [0.2, 0.25) is 5.91 Å². The van der Waals surface area contributed by atoms with E-state index >= 15 is 0 Å². The van der Waals surface area contributed by atoms with Crippen LogP contribution in [0.4, 0.5) is 4.39 Å². The maximum atomic E-state index is 13.6. The lowest BCUT2D eigenvalue weighted by molar-refractivity contribution is -0.131. The largest absolute Gasteiger partial charge is 0.346 e. The summed E-state index contributed by atoms with van der Waals surface area (Å²) in [6, 6.07) is 24.1. The molecule has 37 heavy (non-hydrogen) atoms. The van der Waals surface area contributed by atoms with Crippen molar-refractivity contribution < 1.29 is 9.18 Å². The van der Waals surface area contributed by atoms with Gasteiger partial charge in [0.05, 0.1) is 6.54 Å². The molecular weight excluding hydrogens is 467 g/mol. The quantitative estimate of drug-likeness (QED) is 0.368. The monoisotopic (exact) mass is 496 g/mol. The summed E-state index contributed by atoms with van der Waals surface area (Å²) >= 11 is 0. The molecule has 2 aliphatic rings. The molecule has 1 saturated heterocycles. The fraction of sp³-hybridized carbons (Fsp3) is 0.300. The van der Waals surface area contributed by atoms with Crippen LogP contribution in [0.3, 0.4) is 0 Å². The van der Waals surface area contributed by atoms with E-state index in [2.05, 4.69) is 0 Å². The van der Waals surface area contributed by atoms with Gasteiger partial charge in [0.1, 0.15) is 5.82 Å².